The highest BCUT2D eigenvalue weighted by Crippen LogP contribution is 2.33. The average molecular weight is 390 g/mol. The first kappa shape index (κ1) is 18.1. The minimum Gasteiger partial charge on any atom is -0.497 e. The molecule has 0 saturated heterocycles. The summed E-state index contributed by atoms with van der Waals surface area (Å²) in [5, 5.41) is 28.2. The van der Waals surface area contributed by atoms with Crippen molar-refractivity contribution in [1.29, 1.82) is 0 Å². The normalized spacial score (nSPS) is 10.8. The van der Waals surface area contributed by atoms with Gasteiger partial charge in [0.15, 0.2) is 5.65 Å². The summed E-state index contributed by atoms with van der Waals surface area (Å²) in [6.45, 7) is 0. The van der Waals surface area contributed by atoms with Gasteiger partial charge in [0.1, 0.15) is 5.75 Å². The number of ether oxygens (including phenoxy) is 1. The maximum absolute atomic E-state index is 12.0. The lowest BCUT2D eigenvalue weighted by molar-refractivity contribution is -0.384. The van der Waals surface area contributed by atoms with Gasteiger partial charge >= 0.3 is 5.97 Å². The van der Waals surface area contributed by atoms with Gasteiger partial charge in [-0.05, 0) is 18.2 Å². The van der Waals surface area contributed by atoms with Crippen molar-refractivity contribution in [2.75, 3.05) is 7.11 Å². The molecule has 2 aromatic heterocycles. The zero-order valence-electron chi connectivity index (χ0n) is 15.1. The first-order valence-corrected chi connectivity index (χ1v) is 8.49. The van der Waals surface area contributed by atoms with Gasteiger partial charge in [-0.25, -0.2) is 9.78 Å². The van der Waals surface area contributed by atoms with Crippen LogP contribution in [0.1, 0.15) is 10.4 Å². The van der Waals surface area contributed by atoms with E-state index in [1.54, 1.807) is 37.4 Å². The summed E-state index contributed by atoms with van der Waals surface area (Å²) >= 11 is 0. The van der Waals surface area contributed by atoms with Crippen LogP contribution in [0.3, 0.4) is 0 Å². The SMILES string of the molecule is COc1cccc(-c2[nH]nc3nc(-c4cccc([N+](=O)[O-])c4)cc(C(=O)O)c23)c1. The van der Waals surface area contributed by atoms with Crippen molar-refractivity contribution >= 4 is 22.7 Å². The van der Waals surface area contributed by atoms with E-state index < -0.39 is 10.9 Å². The van der Waals surface area contributed by atoms with Crippen LogP contribution in [0.2, 0.25) is 0 Å². The zero-order chi connectivity index (χ0) is 20.5. The number of carboxylic acid groups (broad SMARTS) is 1. The predicted octanol–water partition coefficient (Wildman–Crippen LogP) is 3.91. The molecule has 29 heavy (non-hydrogen) atoms. The molecule has 0 amide bonds. The number of nitro benzene ring substituents is 1. The van der Waals surface area contributed by atoms with Crippen LogP contribution in [0.4, 0.5) is 5.69 Å². The molecule has 0 radical (unpaired) electrons. The van der Waals surface area contributed by atoms with Gasteiger partial charge in [0, 0.05) is 23.3 Å². The largest absolute Gasteiger partial charge is 0.497 e. The van der Waals surface area contributed by atoms with Gasteiger partial charge in [-0.3, -0.25) is 15.2 Å². The Morgan fingerprint density at radius 3 is 2.62 bits per heavy atom. The van der Waals surface area contributed by atoms with Gasteiger partial charge in [-0.15, -0.1) is 0 Å². The van der Waals surface area contributed by atoms with Crippen LogP contribution in [0, 0.1) is 10.1 Å². The van der Waals surface area contributed by atoms with E-state index in [-0.39, 0.29) is 22.6 Å². The van der Waals surface area contributed by atoms with Gasteiger partial charge in [-0.1, -0.05) is 24.3 Å². The van der Waals surface area contributed by atoms with Crippen molar-refractivity contribution < 1.29 is 19.6 Å². The third-order valence-electron chi connectivity index (χ3n) is 4.47. The van der Waals surface area contributed by atoms with E-state index in [0.29, 0.717) is 28.0 Å². The van der Waals surface area contributed by atoms with Crippen molar-refractivity contribution in [3.8, 4) is 28.3 Å². The summed E-state index contributed by atoms with van der Waals surface area (Å²) in [7, 11) is 1.54. The molecule has 0 bridgehead atoms. The average Bonchev–Trinajstić information content (AvgIpc) is 3.17. The number of H-pyrrole nitrogens is 1. The van der Waals surface area contributed by atoms with Crippen LogP contribution in [-0.2, 0) is 0 Å². The van der Waals surface area contributed by atoms with Crippen LogP contribution in [0.5, 0.6) is 5.75 Å². The molecule has 0 aliphatic rings. The smallest absolute Gasteiger partial charge is 0.336 e. The van der Waals surface area contributed by atoms with Crippen molar-refractivity contribution in [2.45, 2.75) is 0 Å². The highest BCUT2D eigenvalue weighted by Gasteiger charge is 2.20. The molecule has 0 aliphatic carbocycles. The third-order valence-corrected chi connectivity index (χ3v) is 4.47. The number of nitro groups is 1. The highest BCUT2D eigenvalue weighted by molar-refractivity contribution is 6.08. The summed E-state index contributed by atoms with van der Waals surface area (Å²) in [6.07, 6.45) is 0. The van der Waals surface area contributed by atoms with E-state index in [0.717, 1.165) is 0 Å². The lowest BCUT2D eigenvalue weighted by Gasteiger charge is -2.07. The lowest BCUT2D eigenvalue weighted by Crippen LogP contribution is -2.00. The molecule has 0 spiro atoms. The van der Waals surface area contributed by atoms with Crippen LogP contribution in [-0.4, -0.2) is 38.3 Å². The van der Waals surface area contributed by atoms with Gasteiger partial charge in [0.2, 0.25) is 0 Å². The Hall–Kier alpha value is -4.27. The number of hydrogen-bond donors (Lipinski definition) is 2. The molecule has 144 valence electrons. The van der Waals surface area contributed by atoms with Crippen LogP contribution >= 0.6 is 0 Å². The number of aromatic nitrogens is 3. The van der Waals surface area contributed by atoms with Crippen molar-refractivity contribution in [1.82, 2.24) is 15.2 Å². The minimum atomic E-state index is -1.16. The second-order valence-corrected chi connectivity index (χ2v) is 6.20. The number of rotatable bonds is 5. The van der Waals surface area contributed by atoms with Gasteiger partial charge in [-0.2, -0.15) is 5.10 Å². The fraction of sp³-hybridized carbons (Fsp3) is 0.0500. The molecule has 9 nitrogen and oxygen atoms in total. The fourth-order valence-electron chi connectivity index (χ4n) is 3.11. The predicted molar refractivity (Wildman–Crippen MR) is 105 cm³/mol. The second kappa shape index (κ2) is 7.04. The van der Waals surface area contributed by atoms with Gasteiger partial charge in [0.25, 0.3) is 5.69 Å². The van der Waals surface area contributed by atoms with Crippen LogP contribution in [0.15, 0.2) is 54.6 Å². The van der Waals surface area contributed by atoms with E-state index in [1.165, 1.54) is 24.3 Å². The van der Waals surface area contributed by atoms with Crippen LogP contribution in [0.25, 0.3) is 33.5 Å². The molecule has 9 heteroatoms. The van der Waals surface area contributed by atoms with Gasteiger partial charge in [0.05, 0.1) is 34.4 Å². The Bertz CT molecular complexity index is 1260. The molecule has 2 heterocycles. The monoisotopic (exact) mass is 390 g/mol. The number of fused-ring (bicyclic) bond motifs is 1. The molecule has 4 aromatic rings. The third kappa shape index (κ3) is 3.25. The number of nitrogens with one attached hydrogen (secondary N) is 1. The topological polar surface area (TPSA) is 131 Å². The number of carbonyl (C=O) groups is 1. The Morgan fingerprint density at radius 1 is 1.14 bits per heavy atom. The zero-order valence-corrected chi connectivity index (χ0v) is 15.1. The van der Waals surface area contributed by atoms with Crippen LogP contribution < -0.4 is 4.74 Å². The van der Waals surface area contributed by atoms with Crippen molar-refractivity contribution in [3.63, 3.8) is 0 Å². The lowest BCUT2D eigenvalue weighted by atomic mass is 10.0. The molecule has 0 atom stereocenters. The number of aromatic amines is 1. The number of aromatic carboxylic acids is 1. The number of methoxy groups -OCH3 is 1. The highest BCUT2D eigenvalue weighted by atomic mass is 16.6. The first-order valence-electron chi connectivity index (χ1n) is 8.49. The molecular formula is C20H14N4O5. The number of non-ortho nitro benzene ring substituents is 1. The second-order valence-electron chi connectivity index (χ2n) is 6.20. The molecule has 0 fully saturated rings. The van der Waals surface area contributed by atoms with E-state index in [9.17, 15) is 20.0 Å². The summed E-state index contributed by atoms with van der Waals surface area (Å²) in [5.41, 5.74) is 1.97. The van der Waals surface area contributed by atoms with E-state index in [1.807, 2.05) is 0 Å². The number of nitrogens with zero attached hydrogens (tertiary/aromatic N) is 3. The molecule has 0 unspecified atom stereocenters. The summed E-state index contributed by atoms with van der Waals surface area (Å²) in [5.74, 6) is -0.544. The van der Waals surface area contributed by atoms with Crippen molar-refractivity contribution in [2.24, 2.45) is 0 Å². The van der Waals surface area contributed by atoms with Crippen molar-refractivity contribution in [3.05, 3.63) is 70.3 Å². The minimum absolute atomic E-state index is 0.0110. The number of pyridine rings is 1. The quantitative estimate of drug-likeness (QED) is 0.390. The Morgan fingerprint density at radius 2 is 1.90 bits per heavy atom. The summed E-state index contributed by atoms with van der Waals surface area (Å²) in [6, 6.07) is 14.4. The molecule has 2 aromatic carbocycles. The molecule has 0 aliphatic heterocycles. The fourth-order valence-corrected chi connectivity index (χ4v) is 3.11. The molecule has 4 rings (SSSR count). The summed E-state index contributed by atoms with van der Waals surface area (Å²) < 4.78 is 5.23. The van der Waals surface area contributed by atoms with E-state index in [2.05, 4.69) is 15.2 Å². The van der Waals surface area contributed by atoms with E-state index >= 15 is 0 Å². The first-order chi connectivity index (χ1) is 14.0. The Kier molecular flexibility index (Phi) is 4.40. The number of carboxylic acids is 1. The maximum Gasteiger partial charge on any atom is 0.336 e. The molecular weight excluding hydrogens is 376 g/mol. The Labute approximate surface area is 163 Å². The molecule has 0 saturated carbocycles. The standard InChI is InChI=1S/C20H14N4O5/c1-29-14-7-3-5-12(9-14)18-17-15(20(25)26)10-16(21-19(17)23-22-18)11-4-2-6-13(8-11)24(27)28/h2-10H,1H3,(H,25,26)(H,21,22,23). The number of benzene rings is 2. The Balaban J connectivity index is 1.93. The van der Waals surface area contributed by atoms with E-state index in [4.69, 9.17) is 4.74 Å². The maximum atomic E-state index is 12.0. The van der Waals surface area contributed by atoms with Gasteiger partial charge < -0.3 is 9.84 Å². The number of hydrogen-bond acceptors (Lipinski definition) is 6. The summed E-state index contributed by atoms with van der Waals surface area (Å²) in [4.78, 5) is 26.9. The molecule has 2 N–H and O–H groups in total.